The Morgan fingerprint density at radius 3 is 2.45 bits per heavy atom. The number of rotatable bonds is 10. The van der Waals surface area contributed by atoms with Crippen molar-refractivity contribution in [3.8, 4) is 11.4 Å². The predicted octanol–water partition coefficient (Wildman–Crippen LogP) is 6.40. The highest BCUT2D eigenvalue weighted by atomic mass is 32.2. The molecular formula is C24H32N4OS2. The second-order valence-corrected chi connectivity index (χ2v) is 9.73. The van der Waals surface area contributed by atoms with E-state index in [1.807, 2.05) is 0 Å². The summed E-state index contributed by atoms with van der Waals surface area (Å²) in [5.41, 5.74) is 4.42. The number of aryl methyl sites for hydroxylation is 2. The minimum absolute atomic E-state index is 0.00849. The molecule has 2 heterocycles. The number of nitrogens with zero attached hydrogens (tertiary/aromatic N) is 3. The van der Waals surface area contributed by atoms with Gasteiger partial charge in [-0.3, -0.25) is 4.79 Å². The average molecular weight is 457 g/mol. The normalized spacial score (nSPS) is 11.3. The molecule has 31 heavy (non-hydrogen) atoms. The van der Waals surface area contributed by atoms with Gasteiger partial charge in [0.05, 0.1) is 5.75 Å². The molecule has 0 fully saturated rings. The lowest BCUT2D eigenvalue weighted by Crippen LogP contribution is -2.17. The van der Waals surface area contributed by atoms with E-state index in [-0.39, 0.29) is 5.91 Å². The first kappa shape index (κ1) is 23.5. The zero-order chi connectivity index (χ0) is 22.4. The number of thioether (sulfide) groups is 1. The second kappa shape index (κ2) is 11.0. The van der Waals surface area contributed by atoms with Crippen LogP contribution in [0, 0.1) is 0 Å². The van der Waals surface area contributed by atoms with E-state index < -0.39 is 0 Å². The van der Waals surface area contributed by atoms with E-state index in [9.17, 15) is 4.79 Å². The third-order valence-corrected chi connectivity index (χ3v) is 7.41. The van der Waals surface area contributed by atoms with E-state index >= 15 is 0 Å². The van der Waals surface area contributed by atoms with E-state index in [1.54, 1.807) is 11.3 Å². The standard InChI is InChI=1S/C24H32N4OS2/c1-6-12-28-23(19-13-20(16(4)5)30-14-19)26-27-24(28)31-15-21(29)25-22-17(7-2)10-9-11-18(22)8-3/h9-11,13-14,16H,6-8,12,15H2,1-5H3,(H,25,29). The highest BCUT2D eigenvalue weighted by Gasteiger charge is 2.18. The fraction of sp³-hybridized carbons (Fsp3) is 0.458. The Balaban J connectivity index is 1.74. The molecule has 0 bridgehead atoms. The summed E-state index contributed by atoms with van der Waals surface area (Å²) < 4.78 is 2.14. The number of hydrogen-bond acceptors (Lipinski definition) is 5. The first-order chi connectivity index (χ1) is 15.0. The number of aromatic nitrogens is 3. The Bertz CT molecular complexity index is 1000. The number of thiophene rings is 1. The van der Waals surface area contributed by atoms with Crippen LogP contribution in [0.4, 0.5) is 5.69 Å². The maximum absolute atomic E-state index is 12.8. The topological polar surface area (TPSA) is 59.8 Å². The maximum Gasteiger partial charge on any atom is 0.234 e. The number of nitrogens with one attached hydrogen (secondary N) is 1. The first-order valence-electron chi connectivity index (χ1n) is 11.0. The van der Waals surface area contributed by atoms with Crippen molar-refractivity contribution in [1.29, 1.82) is 0 Å². The minimum Gasteiger partial charge on any atom is -0.325 e. The van der Waals surface area contributed by atoms with Crippen LogP contribution < -0.4 is 5.32 Å². The highest BCUT2D eigenvalue weighted by Crippen LogP contribution is 2.31. The summed E-state index contributed by atoms with van der Waals surface area (Å²) >= 11 is 3.21. The Labute approximate surface area is 193 Å². The lowest BCUT2D eigenvalue weighted by Gasteiger charge is -2.14. The van der Waals surface area contributed by atoms with Gasteiger partial charge in [0.2, 0.25) is 5.91 Å². The van der Waals surface area contributed by atoms with E-state index in [0.29, 0.717) is 11.7 Å². The Hall–Kier alpha value is -2.12. The molecule has 0 atom stereocenters. The van der Waals surface area contributed by atoms with Crippen LogP contribution in [0.25, 0.3) is 11.4 Å². The van der Waals surface area contributed by atoms with Crippen molar-refractivity contribution in [2.24, 2.45) is 0 Å². The van der Waals surface area contributed by atoms with E-state index in [2.05, 4.69) is 84.3 Å². The third-order valence-electron chi connectivity index (χ3n) is 5.21. The molecule has 0 unspecified atom stereocenters. The van der Waals surface area contributed by atoms with Crippen molar-refractivity contribution < 1.29 is 4.79 Å². The van der Waals surface area contributed by atoms with Crippen molar-refractivity contribution in [2.45, 2.75) is 71.5 Å². The van der Waals surface area contributed by atoms with Gasteiger partial charge in [0.1, 0.15) is 0 Å². The first-order valence-corrected chi connectivity index (χ1v) is 12.9. The average Bonchev–Trinajstić information content (AvgIpc) is 3.40. The summed E-state index contributed by atoms with van der Waals surface area (Å²) in [4.78, 5) is 14.1. The lowest BCUT2D eigenvalue weighted by molar-refractivity contribution is -0.113. The maximum atomic E-state index is 12.8. The molecule has 2 aromatic heterocycles. The minimum atomic E-state index is -0.00849. The van der Waals surface area contributed by atoms with E-state index in [4.69, 9.17) is 0 Å². The van der Waals surface area contributed by atoms with Crippen LogP contribution in [0.1, 0.15) is 63.0 Å². The van der Waals surface area contributed by atoms with Gasteiger partial charge in [-0.25, -0.2) is 0 Å². The van der Waals surface area contributed by atoms with Crippen LogP contribution in [0.5, 0.6) is 0 Å². The van der Waals surface area contributed by atoms with Crippen LogP contribution in [0.3, 0.4) is 0 Å². The summed E-state index contributed by atoms with van der Waals surface area (Å²) in [5.74, 6) is 1.69. The molecule has 7 heteroatoms. The van der Waals surface area contributed by atoms with Gasteiger partial charge < -0.3 is 9.88 Å². The fourth-order valence-electron chi connectivity index (χ4n) is 3.52. The summed E-state index contributed by atoms with van der Waals surface area (Å²) in [5, 5.41) is 15.0. The van der Waals surface area contributed by atoms with Crippen LogP contribution in [-0.4, -0.2) is 26.4 Å². The summed E-state index contributed by atoms with van der Waals surface area (Å²) in [7, 11) is 0. The van der Waals surface area contributed by atoms with Crippen molar-refractivity contribution in [3.05, 3.63) is 45.6 Å². The molecule has 0 aliphatic heterocycles. The van der Waals surface area contributed by atoms with Crippen LogP contribution in [0.15, 0.2) is 34.8 Å². The number of carbonyl (C=O) groups excluding carboxylic acids is 1. The summed E-state index contributed by atoms with van der Waals surface area (Å²) in [6.07, 6.45) is 2.77. The largest absolute Gasteiger partial charge is 0.325 e. The molecule has 1 amide bonds. The number of hydrogen-bond donors (Lipinski definition) is 1. The van der Waals surface area contributed by atoms with Gasteiger partial charge in [0.25, 0.3) is 0 Å². The number of amides is 1. The van der Waals surface area contributed by atoms with Crippen LogP contribution in [0.2, 0.25) is 0 Å². The van der Waals surface area contributed by atoms with E-state index in [1.165, 1.54) is 27.8 Å². The Kier molecular flexibility index (Phi) is 8.32. The van der Waals surface area contributed by atoms with Crippen molar-refractivity contribution in [1.82, 2.24) is 14.8 Å². The number of carbonyl (C=O) groups is 1. The molecule has 1 N–H and O–H groups in total. The zero-order valence-corrected chi connectivity index (χ0v) is 20.7. The molecule has 0 saturated carbocycles. The molecule has 166 valence electrons. The summed E-state index contributed by atoms with van der Waals surface area (Å²) in [6.45, 7) is 11.6. The molecule has 0 saturated heterocycles. The van der Waals surface area contributed by atoms with E-state index in [0.717, 1.165) is 48.0 Å². The quantitative estimate of drug-likeness (QED) is 0.359. The van der Waals surface area contributed by atoms with Gasteiger partial charge >= 0.3 is 0 Å². The lowest BCUT2D eigenvalue weighted by atomic mass is 10.0. The zero-order valence-electron chi connectivity index (χ0n) is 19.1. The number of para-hydroxylation sites is 1. The Morgan fingerprint density at radius 1 is 1.16 bits per heavy atom. The highest BCUT2D eigenvalue weighted by molar-refractivity contribution is 7.99. The van der Waals surface area contributed by atoms with Gasteiger partial charge in [-0.2, -0.15) is 0 Å². The van der Waals surface area contributed by atoms with Gasteiger partial charge in [-0.1, -0.05) is 64.6 Å². The molecule has 1 aromatic carbocycles. The SMILES string of the molecule is CCCn1c(SCC(=O)Nc2c(CC)cccc2CC)nnc1-c1csc(C(C)C)c1. The Morgan fingerprint density at radius 2 is 1.87 bits per heavy atom. The smallest absolute Gasteiger partial charge is 0.234 e. The molecule has 0 aliphatic carbocycles. The van der Waals surface area contributed by atoms with Gasteiger partial charge in [-0.05, 0) is 42.4 Å². The molecule has 3 rings (SSSR count). The predicted molar refractivity (Wildman–Crippen MR) is 132 cm³/mol. The summed E-state index contributed by atoms with van der Waals surface area (Å²) in [6, 6.07) is 8.43. The number of anilines is 1. The van der Waals surface area contributed by atoms with Crippen LogP contribution >= 0.6 is 23.1 Å². The molecule has 0 aliphatic rings. The van der Waals surface area contributed by atoms with Crippen molar-refractivity contribution in [2.75, 3.05) is 11.1 Å². The molecule has 5 nitrogen and oxygen atoms in total. The molecule has 3 aromatic rings. The number of benzene rings is 1. The van der Waals surface area contributed by atoms with Gasteiger partial charge in [-0.15, -0.1) is 21.5 Å². The fourth-order valence-corrected chi connectivity index (χ4v) is 5.18. The van der Waals surface area contributed by atoms with Crippen molar-refractivity contribution >= 4 is 34.7 Å². The second-order valence-electron chi connectivity index (χ2n) is 7.85. The monoisotopic (exact) mass is 456 g/mol. The molecular weight excluding hydrogens is 424 g/mol. The molecule has 0 radical (unpaired) electrons. The molecule has 0 spiro atoms. The third kappa shape index (κ3) is 5.57. The van der Waals surface area contributed by atoms with Gasteiger partial charge in [0, 0.05) is 28.1 Å². The van der Waals surface area contributed by atoms with Crippen LogP contribution in [-0.2, 0) is 24.2 Å². The van der Waals surface area contributed by atoms with Crippen molar-refractivity contribution in [3.63, 3.8) is 0 Å². The van der Waals surface area contributed by atoms with Gasteiger partial charge in [0.15, 0.2) is 11.0 Å².